The van der Waals surface area contributed by atoms with Crippen LogP contribution >= 0.6 is 0 Å². The maximum absolute atomic E-state index is 12.4. The van der Waals surface area contributed by atoms with E-state index in [4.69, 9.17) is 9.72 Å². The van der Waals surface area contributed by atoms with Gasteiger partial charge in [-0.3, -0.25) is 9.78 Å². The normalized spacial score (nSPS) is 11.8. The summed E-state index contributed by atoms with van der Waals surface area (Å²) in [5.74, 6) is -0.247. The fourth-order valence-electron chi connectivity index (χ4n) is 2.79. The molecule has 0 N–H and O–H groups in total. The van der Waals surface area contributed by atoms with Crippen molar-refractivity contribution in [2.75, 3.05) is 6.61 Å². The third-order valence-corrected chi connectivity index (χ3v) is 3.99. The molecule has 112 valence electrons. The van der Waals surface area contributed by atoms with Gasteiger partial charge in [-0.1, -0.05) is 42.5 Å². The Kier molecular flexibility index (Phi) is 3.57. The van der Waals surface area contributed by atoms with Crippen LogP contribution in [-0.4, -0.2) is 17.6 Å². The van der Waals surface area contributed by atoms with Gasteiger partial charge in [0.1, 0.15) is 5.41 Å². The van der Waals surface area contributed by atoms with Gasteiger partial charge in [-0.2, -0.15) is 0 Å². The molecular weight excluding hydrogens is 274 g/mol. The molecule has 3 heteroatoms. The molecule has 3 nitrogen and oxygen atoms in total. The van der Waals surface area contributed by atoms with Crippen molar-refractivity contribution in [3.8, 4) is 0 Å². The van der Waals surface area contributed by atoms with Gasteiger partial charge in [-0.25, -0.2) is 0 Å². The third-order valence-electron chi connectivity index (χ3n) is 3.99. The zero-order chi connectivity index (χ0) is 15.7. The van der Waals surface area contributed by atoms with E-state index in [2.05, 4.69) is 12.1 Å². The monoisotopic (exact) mass is 293 g/mol. The Labute approximate surface area is 129 Å². The summed E-state index contributed by atoms with van der Waals surface area (Å²) in [5, 5.41) is 3.21. The van der Waals surface area contributed by atoms with Crippen LogP contribution in [0.15, 0.2) is 48.5 Å². The minimum atomic E-state index is -0.792. The van der Waals surface area contributed by atoms with Crippen LogP contribution in [0.4, 0.5) is 0 Å². The summed E-state index contributed by atoms with van der Waals surface area (Å²) in [6.07, 6.45) is 0. The maximum atomic E-state index is 12.4. The molecule has 0 spiro atoms. The number of nitrogens with zero attached hydrogens (tertiary/aromatic N) is 1. The van der Waals surface area contributed by atoms with Gasteiger partial charge in [0.25, 0.3) is 0 Å². The molecule has 0 aliphatic carbocycles. The van der Waals surface area contributed by atoms with Crippen LogP contribution in [0.25, 0.3) is 21.7 Å². The van der Waals surface area contributed by atoms with Crippen molar-refractivity contribution >= 4 is 27.6 Å². The summed E-state index contributed by atoms with van der Waals surface area (Å²) < 4.78 is 5.24. The highest BCUT2D eigenvalue weighted by Crippen LogP contribution is 2.33. The first kappa shape index (κ1) is 14.5. The summed E-state index contributed by atoms with van der Waals surface area (Å²) in [7, 11) is 0. The summed E-state index contributed by atoms with van der Waals surface area (Å²) in [6.45, 7) is 5.93. The number of carbonyl (C=O) groups excluding carboxylic acids is 1. The lowest BCUT2D eigenvalue weighted by atomic mass is 9.85. The Morgan fingerprint density at radius 3 is 2.27 bits per heavy atom. The van der Waals surface area contributed by atoms with E-state index in [0.717, 1.165) is 27.4 Å². The maximum Gasteiger partial charge on any atom is 0.317 e. The largest absolute Gasteiger partial charge is 0.465 e. The van der Waals surface area contributed by atoms with Gasteiger partial charge in [0.05, 0.1) is 17.8 Å². The van der Waals surface area contributed by atoms with E-state index in [0.29, 0.717) is 6.61 Å². The molecule has 0 amide bonds. The second kappa shape index (κ2) is 5.41. The number of pyridine rings is 1. The van der Waals surface area contributed by atoms with Crippen molar-refractivity contribution in [3.63, 3.8) is 0 Å². The van der Waals surface area contributed by atoms with Gasteiger partial charge in [-0.15, -0.1) is 0 Å². The van der Waals surface area contributed by atoms with E-state index >= 15 is 0 Å². The molecule has 3 rings (SSSR count). The van der Waals surface area contributed by atoms with E-state index in [1.807, 2.05) is 57.2 Å². The number of rotatable bonds is 3. The highest BCUT2D eigenvalue weighted by molar-refractivity contribution is 6.08. The molecule has 0 aliphatic rings. The molecule has 3 aromatic rings. The standard InChI is InChI=1S/C19H19NO2/c1-4-22-18(21)19(2,3)17-15-11-6-5-9-13(15)14-10-7-8-12-16(14)20-17/h5-12H,4H2,1-3H3. The van der Waals surface area contributed by atoms with Crippen molar-refractivity contribution < 1.29 is 9.53 Å². The van der Waals surface area contributed by atoms with Gasteiger partial charge >= 0.3 is 5.97 Å². The molecule has 0 unspecified atom stereocenters. The predicted octanol–water partition coefficient (Wildman–Crippen LogP) is 4.23. The molecule has 0 saturated carbocycles. The van der Waals surface area contributed by atoms with Crippen LogP contribution in [0.2, 0.25) is 0 Å². The van der Waals surface area contributed by atoms with Crippen LogP contribution in [0.5, 0.6) is 0 Å². The summed E-state index contributed by atoms with van der Waals surface area (Å²) in [5.41, 5.74) is 0.869. The van der Waals surface area contributed by atoms with Gasteiger partial charge in [0.15, 0.2) is 0 Å². The molecule has 0 radical (unpaired) electrons. The van der Waals surface area contributed by atoms with Crippen molar-refractivity contribution in [2.24, 2.45) is 0 Å². The molecule has 2 aromatic carbocycles. The number of hydrogen-bond acceptors (Lipinski definition) is 3. The number of carbonyl (C=O) groups is 1. The molecule has 0 aliphatic heterocycles. The lowest BCUT2D eigenvalue weighted by Gasteiger charge is -2.24. The van der Waals surface area contributed by atoms with Crippen LogP contribution in [0.1, 0.15) is 26.5 Å². The SMILES string of the molecule is CCOC(=O)C(C)(C)c1nc2ccccc2c2ccccc12. The number of para-hydroxylation sites is 1. The quantitative estimate of drug-likeness (QED) is 0.536. The number of benzene rings is 2. The highest BCUT2D eigenvalue weighted by Gasteiger charge is 2.34. The van der Waals surface area contributed by atoms with Crippen molar-refractivity contribution in [2.45, 2.75) is 26.2 Å². The number of fused-ring (bicyclic) bond motifs is 3. The van der Waals surface area contributed by atoms with Gasteiger partial charge < -0.3 is 4.74 Å². The first-order valence-corrected chi connectivity index (χ1v) is 7.51. The minimum absolute atomic E-state index is 0.247. The number of hydrogen-bond donors (Lipinski definition) is 0. The van der Waals surface area contributed by atoms with E-state index < -0.39 is 5.41 Å². The lowest BCUT2D eigenvalue weighted by molar-refractivity contribution is -0.148. The van der Waals surface area contributed by atoms with Crippen LogP contribution in [-0.2, 0) is 14.9 Å². The predicted molar refractivity (Wildman–Crippen MR) is 88.9 cm³/mol. The zero-order valence-electron chi connectivity index (χ0n) is 13.1. The molecule has 22 heavy (non-hydrogen) atoms. The van der Waals surface area contributed by atoms with E-state index in [-0.39, 0.29) is 5.97 Å². The Balaban J connectivity index is 2.35. The van der Waals surface area contributed by atoms with Crippen LogP contribution in [0, 0.1) is 0 Å². The summed E-state index contributed by atoms with van der Waals surface area (Å²) in [6, 6.07) is 16.1. The zero-order valence-corrected chi connectivity index (χ0v) is 13.1. The van der Waals surface area contributed by atoms with E-state index in [1.165, 1.54) is 0 Å². The minimum Gasteiger partial charge on any atom is -0.465 e. The number of esters is 1. The molecule has 0 atom stereocenters. The molecule has 0 fully saturated rings. The Bertz CT molecular complexity index is 852. The lowest BCUT2D eigenvalue weighted by Crippen LogP contribution is -2.32. The molecule has 0 saturated heterocycles. The number of ether oxygens (including phenoxy) is 1. The molecule has 1 aromatic heterocycles. The Hall–Kier alpha value is -2.42. The van der Waals surface area contributed by atoms with Crippen molar-refractivity contribution in [1.82, 2.24) is 4.98 Å². The summed E-state index contributed by atoms with van der Waals surface area (Å²) in [4.78, 5) is 17.2. The fraction of sp³-hybridized carbons (Fsp3) is 0.263. The molecule has 0 bridgehead atoms. The molecular formula is C19H19NO2. The van der Waals surface area contributed by atoms with Crippen molar-refractivity contribution in [1.29, 1.82) is 0 Å². The Morgan fingerprint density at radius 2 is 1.59 bits per heavy atom. The Morgan fingerprint density at radius 1 is 1.00 bits per heavy atom. The second-order valence-corrected chi connectivity index (χ2v) is 5.87. The van der Waals surface area contributed by atoms with Crippen LogP contribution < -0.4 is 0 Å². The number of aromatic nitrogens is 1. The first-order valence-electron chi connectivity index (χ1n) is 7.51. The fourth-order valence-corrected chi connectivity index (χ4v) is 2.79. The smallest absolute Gasteiger partial charge is 0.317 e. The average Bonchev–Trinajstić information content (AvgIpc) is 2.54. The third kappa shape index (κ3) is 2.23. The van der Waals surface area contributed by atoms with Crippen molar-refractivity contribution in [3.05, 3.63) is 54.2 Å². The summed E-state index contributed by atoms with van der Waals surface area (Å²) >= 11 is 0. The van der Waals surface area contributed by atoms with Gasteiger partial charge in [0.2, 0.25) is 0 Å². The molecule has 1 heterocycles. The first-order chi connectivity index (χ1) is 10.6. The van der Waals surface area contributed by atoms with E-state index in [9.17, 15) is 4.79 Å². The van der Waals surface area contributed by atoms with Crippen LogP contribution in [0.3, 0.4) is 0 Å². The topological polar surface area (TPSA) is 39.2 Å². The van der Waals surface area contributed by atoms with E-state index in [1.54, 1.807) is 0 Å². The van der Waals surface area contributed by atoms with Gasteiger partial charge in [0, 0.05) is 10.8 Å². The average molecular weight is 293 g/mol. The second-order valence-electron chi connectivity index (χ2n) is 5.87. The van der Waals surface area contributed by atoms with Gasteiger partial charge in [-0.05, 0) is 32.2 Å². The highest BCUT2D eigenvalue weighted by atomic mass is 16.5.